The second-order valence-corrected chi connectivity index (χ2v) is 5.15. The standard InChI is InChI=1S/C19H13N3O2/c20-11-13-5-7-14(8-6-13)12-21-22-19(24)17-9-15-3-1-2-4-16(15)10-18(17)23/h1-10,12,23H,(H,22,24)/b21-12-. The van der Waals surface area contributed by atoms with E-state index in [0.29, 0.717) is 5.56 Å². The zero-order valence-electron chi connectivity index (χ0n) is 12.6. The Balaban J connectivity index is 1.76. The van der Waals surface area contributed by atoms with E-state index in [4.69, 9.17) is 5.26 Å². The van der Waals surface area contributed by atoms with E-state index in [0.717, 1.165) is 16.3 Å². The molecule has 0 atom stereocenters. The molecule has 3 aromatic carbocycles. The van der Waals surface area contributed by atoms with Crippen molar-refractivity contribution in [2.24, 2.45) is 5.10 Å². The van der Waals surface area contributed by atoms with Crippen LogP contribution in [-0.2, 0) is 0 Å². The molecule has 2 N–H and O–H groups in total. The fourth-order valence-electron chi connectivity index (χ4n) is 2.28. The first kappa shape index (κ1) is 15.3. The third-order valence-corrected chi connectivity index (χ3v) is 3.53. The lowest BCUT2D eigenvalue weighted by Gasteiger charge is -2.05. The Bertz CT molecular complexity index is 970. The molecule has 116 valence electrons. The van der Waals surface area contributed by atoms with Crippen molar-refractivity contribution in [3.63, 3.8) is 0 Å². The van der Waals surface area contributed by atoms with Crippen molar-refractivity contribution >= 4 is 22.9 Å². The Hall–Kier alpha value is -3.65. The Labute approximate surface area is 138 Å². The van der Waals surface area contributed by atoms with Crippen LogP contribution in [0.3, 0.4) is 0 Å². The van der Waals surface area contributed by atoms with Crippen LogP contribution in [0.5, 0.6) is 5.75 Å². The number of carbonyl (C=O) groups excluding carboxylic acids is 1. The summed E-state index contributed by atoms with van der Waals surface area (Å²) in [7, 11) is 0. The number of amides is 1. The van der Waals surface area contributed by atoms with Gasteiger partial charge in [0.2, 0.25) is 0 Å². The predicted octanol–water partition coefficient (Wildman–Crippen LogP) is 3.18. The van der Waals surface area contributed by atoms with E-state index in [1.807, 2.05) is 30.3 Å². The van der Waals surface area contributed by atoms with Gasteiger partial charge in [-0.1, -0.05) is 36.4 Å². The van der Waals surface area contributed by atoms with Gasteiger partial charge in [0.1, 0.15) is 5.75 Å². The van der Waals surface area contributed by atoms with Gasteiger partial charge >= 0.3 is 0 Å². The molecule has 0 saturated carbocycles. The van der Waals surface area contributed by atoms with Gasteiger partial charge in [0, 0.05) is 0 Å². The molecule has 5 nitrogen and oxygen atoms in total. The Morgan fingerprint density at radius 2 is 1.75 bits per heavy atom. The van der Waals surface area contributed by atoms with Crippen molar-refractivity contribution in [2.45, 2.75) is 0 Å². The maximum atomic E-state index is 12.2. The highest BCUT2D eigenvalue weighted by Gasteiger charge is 2.11. The maximum Gasteiger partial charge on any atom is 0.275 e. The topological polar surface area (TPSA) is 85.5 Å². The third kappa shape index (κ3) is 3.23. The number of nitrogens with zero attached hydrogens (tertiary/aromatic N) is 2. The first-order valence-electron chi connectivity index (χ1n) is 7.23. The molecule has 0 aromatic heterocycles. The molecule has 3 rings (SSSR count). The predicted molar refractivity (Wildman–Crippen MR) is 91.8 cm³/mol. The number of benzene rings is 3. The fraction of sp³-hybridized carbons (Fsp3) is 0. The molecular weight excluding hydrogens is 302 g/mol. The summed E-state index contributed by atoms with van der Waals surface area (Å²) in [6.45, 7) is 0. The van der Waals surface area contributed by atoms with Gasteiger partial charge in [0.05, 0.1) is 23.4 Å². The molecule has 0 unspecified atom stereocenters. The number of nitriles is 1. The molecule has 0 spiro atoms. The van der Waals surface area contributed by atoms with Crippen molar-refractivity contribution in [1.29, 1.82) is 5.26 Å². The maximum absolute atomic E-state index is 12.2. The number of carbonyl (C=O) groups is 1. The van der Waals surface area contributed by atoms with Crippen LogP contribution in [0.2, 0.25) is 0 Å². The molecule has 24 heavy (non-hydrogen) atoms. The second kappa shape index (κ2) is 6.63. The zero-order chi connectivity index (χ0) is 16.9. The molecule has 1 amide bonds. The van der Waals surface area contributed by atoms with Gasteiger partial charge in [0.15, 0.2) is 0 Å². The minimum Gasteiger partial charge on any atom is -0.507 e. The van der Waals surface area contributed by atoms with Crippen LogP contribution in [0.15, 0.2) is 65.8 Å². The highest BCUT2D eigenvalue weighted by Crippen LogP contribution is 2.24. The number of phenols is 1. The van der Waals surface area contributed by atoms with Gasteiger partial charge in [-0.05, 0) is 40.6 Å². The minimum absolute atomic E-state index is 0.0974. The summed E-state index contributed by atoms with van der Waals surface area (Å²) in [5.74, 6) is -0.595. The van der Waals surface area contributed by atoms with Crippen molar-refractivity contribution in [2.75, 3.05) is 0 Å². The lowest BCUT2D eigenvalue weighted by Crippen LogP contribution is -2.17. The molecule has 0 bridgehead atoms. The molecule has 5 heteroatoms. The summed E-state index contributed by atoms with van der Waals surface area (Å²) in [6, 6.07) is 19.4. The molecule has 3 aromatic rings. The first-order valence-corrected chi connectivity index (χ1v) is 7.23. The van der Waals surface area contributed by atoms with Gasteiger partial charge in [0.25, 0.3) is 5.91 Å². The number of hydrogen-bond donors (Lipinski definition) is 2. The molecule has 0 radical (unpaired) electrons. The molecule has 0 heterocycles. The molecular formula is C19H13N3O2. The van der Waals surface area contributed by atoms with Crippen molar-refractivity contribution in [3.8, 4) is 11.8 Å². The summed E-state index contributed by atoms with van der Waals surface area (Å²) in [6.07, 6.45) is 1.47. The Morgan fingerprint density at radius 1 is 1.08 bits per heavy atom. The fourth-order valence-corrected chi connectivity index (χ4v) is 2.28. The highest BCUT2D eigenvalue weighted by atomic mass is 16.3. The van der Waals surface area contributed by atoms with Crippen LogP contribution in [-0.4, -0.2) is 17.2 Å². The molecule has 0 aliphatic carbocycles. The van der Waals surface area contributed by atoms with E-state index in [-0.39, 0.29) is 11.3 Å². The monoisotopic (exact) mass is 315 g/mol. The van der Waals surface area contributed by atoms with E-state index in [2.05, 4.69) is 10.5 Å². The third-order valence-electron chi connectivity index (χ3n) is 3.53. The average molecular weight is 315 g/mol. The van der Waals surface area contributed by atoms with E-state index < -0.39 is 5.91 Å². The van der Waals surface area contributed by atoms with Gasteiger partial charge < -0.3 is 5.11 Å². The smallest absolute Gasteiger partial charge is 0.275 e. The van der Waals surface area contributed by atoms with Crippen molar-refractivity contribution < 1.29 is 9.90 Å². The summed E-state index contributed by atoms with van der Waals surface area (Å²) < 4.78 is 0. The average Bonchev–Trinajstić information content (AvgIpc) is 2.61. The number of aromatic hydroxyl groups is 1. The zero-order valence-corrected chi connectivity index (χ0v) is 12.6. The lowest BCUT2D eigenvalue weighted by atomic mass is 10.1. The number of phenolic OH excluding ortho intramolecular Hbond substituents is 1. The number of rotatable bonds is 3. The van der Waals surface area contributed by atoms with E-state index in [9.17, 15) is 9.90 Å². The number of nitrogens with one attached hydrogen (secondary N) is 1. The minimum atomic E-state index is -0.497. The van der Waals surface area contributed by atoms with Crippen LogP contribution in [0.4, 0.5) is 0 Å². The van der Waals surface area contributed by atoms with Crippen LogP contribution in [0, 0.1) is 11.3 Å². The molecule has 0 saturated heterocycles. The first-order chi connectivity index (χ1) is 11.7. The van der Waals surface area contributed by atoms with Crippen LogP contribution < -0.4 is 5.43 Å². The van der Waals surface area contributed by atoms with Gasteiger partial charge in [-0.2, -0.15) is 10.4 Å². The number of hydrogen-bond acceptors (Lipinski definition) is 4. The van der Waals surface area contributed by atoms with Crippen molar-refractivity contribution in [3.05, 3.63) is 77.4 Å². The normalized spacial score (nSPS) is 10.6. The molecule has 0 aliphatic heterocycles. The van der Waals surface area contributed by atoms with Crippen LogP contribution in [0.1, 0.15) is 21.5 Å². The summed E-state index contributed by atoms with van der Waals surface area (Å²) >= 11 is 0. The largest absolute Gasteiger partial charge is 0.507 e. The number of hydrazone groups is 1. The van der Waals surface area contributed by atoms with Crippen molar-refractivity contribution in [1.82, 2.24) is 5.43 Å². The SMILES string of the molecule is N#Cc1ccc(/C=N\NC(=O)c2cc3ccccc3cc2O)cc1. The quantitative estimate of drug-likeness (QED) is 0.575. The second-order valence-electron chi connectivity index (χ2n) is 5.15. The number of fused-ring (bicyclic) bond motifs is 1. The summed E-state index contributed by atoms with van der Waals surface area (Å²) in [5, 5.41) is 24.3. The van der Waals surface area contributed by atoms with Gasteiger partial charge in [-0.15, -0.1) is 0 Å². The molecule has 0 aliphatic rings. The summed E-state index contributed by atoms with van der Waals surface area (Å²) in [4.78, 5) is 12.2. The van der Waals surface area contributed by atoms with E-state index >= 15 is 0 Å². The van der Waals surface area contributed by atoms with Crippen LogP contribution in [0.25, 0.3) is 10.8 Å². The molecule has 0 fully saturated rings. The van der Waals surface area contributed by atoms with Gasteiger partial charge in [-0.25, -0.2) is 5.43 Å². The summed E-state index contributed by atoms with van der Waals surface area (Å²) in [5.41, 5.74) is 3.85. The Kier molecular flexibility index (Phi) is 4.21. The highest BCUT2D eigenvalue weighted by molar-refractivity contribution is 6.01. The van der Waals surface area contributed by atoms with Gasteiger partial charge in [-0.3, -0.25) is 4.79 Å². The van der Waals surface area contributed by atoms with E-state index in [1.165, 1.54) is 6.21 Å². The van der Waals surface area contributed by atoms with Crippen LogP contribution >= 0.6 is 0 Å². The lowest BCUT2D eigenvalue weighted by molar-refractivity contribution is 0.0952. The van der Waals surface area contributed by atoms with E-state index in [1.54, 1.807) is 36.4 Å². The Morgan fingerprint density at radius 3 is 2.42 bits per heavy atom.